The van der Waals surface area contributed by atoms with Crippen molar-refractivity contribution in [3.05, 3.63) is 30.6 Å². The zero-order chi connectivity index (χ0) is 21.2. The van der Waals surface area contributed by atoms with Gasteiger partial charge < -0.3 is 20.1 Å². The highest BCUT2D eigenvalue weighted by Crippen LogP contribution is 2.28. The highest BCUT2D eigenvalue weighted by molar-refractivity contribution is 5.99. The summed E-state index contributed by atoms with van der Waals surface area (Å²) >= 11 is 0. The Kier molecular flexibility index (Phi) is 5.96. The van der Waals surface area contributed by atoms with Gasteiger partial charge in [-0.05, 0) is 75.2 Å². The number of nitrogens with one attached hydrogen (secondary N) is 3. The Balaban J connectivity index is 1.25. The summed E-state index contributed by atoms with van der Waals surface area (Å²) in [7, 11) is 0. The van der Waals surface area contributed by atoms with E-state index in [1.54, 1.807) is 0 Å². The molecule has 0 radical (unpaired) electrons. The van der Waals surface area contributed by atoms with Crippen LogP contribution in [-0.2, 0) is 9.59 Å². The van der Waals surface area contributed by atoms with E-state index in [0.29, 0.717) is 18.9 Å². The summed E-state index contributed by atoms with van der Waals surface area (Å²) in [4.78, 5) is 26.2. The second kappa shape index (κ2) is 9.01. The van der Waals surface area contributed by atoms with Crippen molar-refractivity contribution in [1.82, 2.24) is 20.5 Å². The van der Waals surface area contributed by atoms with Crippen LogP contribution in [0.1, 0.15) is 44.6 Å². The fourth-order valence-corrected chi connectivity index (χ4v) is 5.29. The molecule has 1 aromatic heterocycles. The first-order valence-corrected chi connectivity index (χ1v) is 11.8. The fraction of sp³-hybridized carbons (Fsp3) is 0.583. The van der Waals surface area contributed by atoms with Crippen LogP contribution in [0.5, 0.6) is 0 Å². The van der Waals surface area contributed by atoms with E-state index in [-0.39, 0.29) is 17.9 Å². The van der Waals surface area contributed by atoms with Crippen LogP contribution in [0.25, 0.3) is 10.8 Å². The SMILES string of the molecule is O=C1CCC(n2cc3ccc(N4CCC[C@@H](NCC5CCNCC5)C4)cc3c2)C(=O)N1. The minimum Gasteiger partial charge on any atom is -0.370 e. The molecule has 2 aromatic rings. The summed E-state index contributed by atoms with van der Waals surface area (Å²) in [5, 5.41) is 12.0. The minimum absolute atomic E-state index is 0.173. The summed E-state index contributed by atoms with van der Waals surface area (Å²) in [5.41, 5.74) is 1.25. The van der Waals surface area contributed by atoms with Crippen molar-refractivity contribution in [3.8, 4) is 0 Å². The summed E-state index contributed by atoms with van der Waals surface area (Å²) in [6, 6.07) is 6.85. The van der Waals surface area contributed by atoms with Crippen molar-refractivity contribution in [2.24, 2.45) is 5.92 Å². The van der Waals surface area contributed by atoms with E-state index in [9.17, 15) is 9.59 Å². The van der Waals surface area contributed by atoms with E-state index in [1.165, 1.54) is 31.4 Å². The Morgan fingerprint density at radius 2 is 1.87 bits per heavy atom. The monoisotopic (exact) mass is 423 g/mol. The fourth-order valence-electron chi connectivity index (χ4n) is 5.29. The molecule has 3 fully saturated rings. The van der Waals surface area contributed by atoms with Gasteiger partial charge in [0.25, 0.3) is 0 Å². The molecule has 0 saturated carbocycles. The molecule has 0 bridgehead atoms. The van der Waals surface area contributed by atoms with Crippen molar-refractivity contribution < 1.29 is 9.59 Å². The average Bonchev–Trinajstić information content (AvgIpc) is 3.21. The Labute approximate surface area is 183 Å². The van der Waals surface area contributed by atoms with Gasteiger partial charge in [-0.2, -0.15) is 0 Å². The molecule has 1 unspecified atom stereocenters. The molecule has 1 aromatic carbocycles. The Morgan fingerprint density at radius 3 is 2.71 bits per heavy atom. The number of aromatic nitrogens is 1. The van der Waals surface area contributed by atoms with Crippen LogP contribution in [0.2, 0.25) is 0 Å². The lowest BCUT2D eigenvalue weighted by Crippen LogP contribution is -2.47. The maximum Gasteiger partial charge on any atom is 0.249 e. The van der Waals surface area contributed by atoms with Crippen molar-refractivity contribution in [3.63, 3.8) is 0 Å². The molecule has 5 rings (SSSR count). The molecule has 3 aliphatic heterocycles. The molecule has 166 valence electrons. The van der Waals surface area contributed by atoms with Gasteiger partial charge in [0, 0.05) is 49.0 Å². The number of imide groups is 1. The second-order valence-corrected chi connectivity index (χ2v) is 9.37. The van der Waals surface area contributed by atoms with Crippen LogP contribution < -0.4 is 20.9 Å². The largest absolute Gasteiger partial charge is 0.370 e. The standard InChI is InChI=1S/C24H33N5O2/c30-23-6-5-22(24(31)27-23)29-14-18-3-4-21(12-19(18)15-29)28-11-1-2-20(16-28)26-13-17-7-9-25-10-8-17/h3-4,12,14-15,17,20,22,25-26H,1-2,5-11,13,16H2,(H,27,30,31)/t20-,22?/m1/s1. The molecule has 31 heavy (non-hydrogen) atoms. The van der Waals surface area contributed by atoms with Crippen LogP contribution in [0.4, 0.5) is 5.69 Å². The van der Waals surface area contributed by atoms with Crippen molar-refractivity contribution in [2.75, 3.05) is 37.6 Å². The van der Waals surface area contributed by atoms with Gasteiger partial charge in [0.2, 0.25) is 11.8 Å². The molecule has 7 heteroatoms. The third-order valence-corrected chi connectivity index (χ3v) is 7.16. The van der Waals surface area contributed by atoms with Gasteiger partial charge in [-0.3, -0.25) is 14.9 Å². The molecular weight excluding hydrogens is 390 g/mol. The van der Waals surface area contributed by atoms with Gasteiger partial charge in [-0.1, -0.05) is 6.07 Å². The summed E-state index contributed by atoms with van der Waals surface area (Å²) < 4.78 is 1.97. The first-order valence-electron chi connectivity index (χ1n) is 11.8. The number of carbonyl (C=O) groups excluding carboxylic acids is 2. The predicted octanol–water partition coefficient (Wildman–Crippen LogP) is 2.18. The Bertz CT molecular complexity index is 949. The molecule has 0 aliphatic carbocycles. The van der Waals surface area contributed by atoms with Crippen LogP contribution in [0.15, 0.2) is 30.6 Å². The normalized spacial score (nSPS) is 25.7. The molecule has 3 aliphatic rings. The number of benzene rings is 1. The van der Waals surface area contributed by atoms with E-state index in [2.05, 4.69) is 45.2 Å². The molecule has 3 N–H and O–H groups in total. The molecule has 2 amide bonds. The van der Waals surface area contributed by atoms with Crippen LogP contribution >= 0.6 is 0 Å². The van der Waals surface area contributed by atoms with Gasteiger partial charge in [0.05, 0.1) is 0 Å². The third-order valence-electron chi connectivity index (χ3n) is 7.16. The number of amides is 2. The summed E-state index contributed by atoms with van der Waals surface area (Å²) in [5.74, 6) is 0.434. The Hall–Kier alpha value is -2.38. The number of fused-ring (bicyclic) bond motifs is 1. The third kappa shape index (κ3) is 4.62. The number of hydrogen-bond acceptors (Lipinski definition) is 5. The first-order chi connectivity index (χ1) is 15.2. The zero-order valence-corrected chi connectivity index (χ0v) is 18.1. The van der Waals surface area contributed by atoms with Crippen LogP contribution in [-0.4, -0.2) is 55.1 Å². The first kappa shape index (κ1) is 20.5. The predicted molar refractivity (Wildman–Crippen MR) is 122 cm³/mol. The van der Waals surface area contributed by atoms with Gasteiger partial charge in [0.15, 0.2) is 0 Å². The van der Waals surface area contributed by atoms with Crippen LogP contribution in [0, 0.1) is 5.92 Å². The Morgan fingerprint density at radius 1 is 1.03 bits per heavy atom. The number of carbonyl (C=O) groups is 2. The highest BCUT2D eigenvalue weighted by Gasteiger charge is 2.28. The topological polar surface area (TPSA) is 78.4 Å². The average molecular weight is 424 g/mol. The summed E-state index contributed by atoms with van der Waals surface area (Å²) in [6.45, 7) is 5.58. The van der Waals surface area contributed by atoms with Gasteiger partial charge >= 0.3 is 0 Å². The van der Waals surface area contributed by atoms with Gasteiger partial charge in [-0.15, -0.1) is 0 Å². The molecule has 7 nitrogen and oxygen atoms in total. The molecular formula is C24H33N5O2. The number of nitrogens with zero attached hydrogens (tertiary/aromatic N) is 2. The maximum atomic E-state index is 12.2. The minimum atomic E-state index is -0.299. The molecule has 0 spiro atoms. The lowest BCUT2D eigenvalue weighted by molar-refractivity contribution is -0.135. The van der Waals surface area contributed by atoms with E-state index in [4.69, 9.17) is 0 Å². The molecule has 2 atom stereocenters. The lowest BCUT2D eigenvalue weighted by atomic mass is 9.97. The zero-order valence-electron chi connectivity index (χ0n) is 18.1. The smallest absolute Gasteiger partial charge is 0.249 e. The number of hydrogen-bond donors (Lipinski definition) is 3. The van der Waals surface area contributed by atoms with Crippen molar-refractivity contribution >= 4 is 28.3 Å². The number of rotatable bonds is 5. The lowest BCUT2D eigenvalue weighted by Gasteiger charge is -2.36. The van der Waals surface area contributed by atoms with Crippen molar-refractivity contribution in [2.45, 2.75) is 50.6 Å². The van der Waals surface area contributed by atoms with Crippen LogP contribution in [0.3, 0.4) is 0 Å². The van der Waals surface area contributed by atoms with Gasteiger partial charge in [-0.25, -0.2) is 0 Å². The van der Waals surface area contributed by atoms with E-state index in [0.717, 1.165) is 49.4 Å². The van der Waals surface area contributed by atoms with E-state index in [1.807, 2.05) is 10.8 Å². The highest BCUT2D eigenvalue weighted by atomic mass is 16.2. The molecule has 4 heterocycles. The second-order valence-electron chi connectivity index (χ2n) is 9.37. The van der Waals surface area contributed by atoms with E-state index < -0.39 is 0 Å². The number of piperidine rings is 3. The van der Waals surface area contributed by atoms with E-state index >= 15 is 0 Å². The quantitative estimate of drug-likeness (QED) is 0.643. The van der Waals surface area contributed by atoms with Crippen molar-refractivity contribution in [1.29, 1.82) is 0 Å². The maximum absolute atomic E-state index is 12.2. The summed E-state index contributed by atoms with van der Waals surface area (Å²) in [6.07, 6.45) is 10.1. The van der Waals surface area contributed by atoms with Gasteiger partial charge in [0.1, 0.15) is 6.04 Å². The number of anilines is 1. The molecule has 3 saturated heterocycles.